The third-order valence-electron chi connectivity index (χ3n) is 8.10. The average Bonchev–Trinajstić information content (AvgIpc) is 3.40. The molecule has 3 rings (SSSR count). The van der Waals surface area contributed by atoms with Crippen LogP contribution in [0.25, 0.3) is 0 Å². The Morgan fingerprint density at radius 1 is 1.09 bits per heavy atom. The molecule has 43 heavy (non-hydrogen) atoms. The van der Waals surface area contributed by atoms with Crippen LogP contribution in [-0.2, 0) is 25.9 Å². The summed E-state index contributed by atoms with van der Waals surface area (Å²) in [6.07, 6.45) is -0.0851. The van der Waals surface area contributed by atoms with Crippen LogP contribution in [0.15, 0.2) is 59.5 Å². The topological polar surface area (TPSA) is 135 Å². The van der Waals surface area contributed by atoms with Crippen LogP contribution in [0.3, 0.4) is 0 Å². The third kappa shape index (κ3) is 9.64. The molecule has 3 N–H and O–H groups in total. The number of rotatable bonds is 15. The van der Waals surface area contributed by atoms with E-state index in [1.54, 1.807) is 32.9 Å². The van der Waals surface area contributed by atoms with Gasteiger partial charge in [0, 0.05) is 12.0 Å². The molecule has 1 heterocycles. The minimum atomic E-state index is -4.09. The number of hydrogen-bond donors (Lipinski definition) is 3. The van der Waals surface area contributed by atoms with Gasteiger partial charge in [-0.15, -0.1) is 0 Å². The Balaban J connectivity index is 2.00. The van der Waals surface area contributed by atoms with Crippen LogP contribution in [0, 0.1) is 5.92 Å². The highest BCUT2D eigenvalue weighted by Crippen LogP contribution is 2.31. The van der Waals surface area contributed by atoms with Crippen molar-refractivity contribution in [3.05, 3.63) is 60.2 Å². The van der Waals surface area contributed by atoms with Gasteiger partial charge in [-0.1, -0.05) is 43.7 Å². The maximum absolute atomic E-state index is 13.7. The van der Waals surface area contributed by atoms with Gasteiger partial charge in [0.25, 0.3) is 0 Å². The zero-order chi connectivity index (χ0) is 31.8. The molecule has 240 valence electrons. The number of nitrogens with zero attached hydrogens (tertiary/aromatic N) is 1. The zero-order valence-electron chi connectivity index (χ0n) is 26.2. The minimum absolute atomic E-state index is 0.00636. The molecule has 2 aromatic carbocycles. The number of aliphatic hydroxyl groups excluding tert-OH is 1. The van der Waals surface area contributed by atoms with Crippen molar-refractivity contribution in [3.8, 4) is 5.75 Å². The summed E-state index contributed by atoms with van der Waals surface area (Å²) in [6, 6.07) is 13.4. The Hall–Kier alpha value is -2.70. The molecule has 11 heteroatoms. The van der Waals surface area contributed by atoms with Crippen LogP contribution in [0.4, 0.5) is 4.79 Å². The molecule has 0 aromatic heterocycles. The number of nitrogens with one attached hydrogen (secondary N) is 1. The highest BCUT2D eigenvalue weighted by Gasteiger charge is 2.42. The number of sulfonamides is 1. The minimum Gasteiger partial charge on any atom is -0.497 e. The molecule has 2 unspecified atom stereocenters. The van der Waals surface area contributed by atoms with Crippen LogP contribution in [0.1, 0.15) is 65.9 Å². The van der Waals surface area contributed by atoms with Gasteiger partial charge < -0.3 is 24.4 Å². The van der Waals surface area contributed by atoms with Gasteiger partial charge >= 0.3 is 6.09 Å². The summed E-state index contributed by atoms with van der Waals surface area (Å²) in [5.41, 5.74) is -0.0454. The number of carboxylic acid groups (broad SMARTS) is 1. The monoisotopic (exact) mass is 620 g/mol. The van der Waals surface area contributed by atoms with Crippen LogP contribution >= 0.6 is 0 Å². The number of ether oxygens (including phenoxy) is 3. The maximum atomic E-state index is 13.7. The lowest BCUT2D eigenvalue weighted by Gasteiger charge is -2.44. The van der Waals surface area contributed by atoms with Crippen molar-refractivity contribution < 1.29 is 37.6 Å². The Bertz CT molecular complexity index is 1260. The molecule has 1 aliphatic rings. The molecule has 10 nitrogen and oxygen atoms in total. The number of benzene rings is 2. The highest BCUT2D eigenvalue weighted by atomic mass is 32.2. The summed E-state index contributed by atoms with van der Waals surface area (Å²) in [7, 11) is -2.60. The standard InChI is InChI=1S/C32H48N2O8S/c1-7-23(17-18-32(5)41-19-20-42-32)21-27(33-43(38,39)26-15-13-25(40-6)14-16-26)29(35)28(22-24-11-9-8-10-12-24)34(30(36)37)31(2,3)4/h8-16,23,27-29,33,35H,7,17-22H2,1-6H3,(H,36,37)/t23?,27?,28-,29-/m0/s1. The predicted octanol–water partition coefficient (Wildman–Crippen LogP) is 5.05. The lowest BCUT2D eigenvalue weighted by molar-refractivity contribution is -0.149. The van der Waals surface area contributed by atoms with Gasteiger partial charge in [0.1, 0.15) is 5.75 Å². The van der Waals surface area contributed by atoms with E-state index in [1.165, 1.54) is 24.1 Å². The fourth-order valence-corrected chi connectivity index (χ4v) is 6.97. The molecule has 0 bridgehead atoms. The second kappa shape index (κ2) is 14.9. The van der Waals surface area contributed by atoms with E-state index >= 15 is 0 Å². The summed E-state index contributed by atoms with van der Waals surface area (Å²) >= 11 is 0. The molecular formula is C32H48N2O8S. The molecule has 0 spiro atoms. The van der Waals surface area contributed by atoms with Crippen molar-refractivity contribution >= 4 is 16.1 Å². The first-order valence-corrected chi connectivity index (χ1v) is 16.4. The Morgan fingerprint density at radius 2 is 1.70 bits per heavy atom. The van der Waals surface area contributed by atoms with Crippen molar-refractivity contribution in [1.82, 2.24) is 9.62 Å². The molecular weight excluding hydrogens is 572 g/mol. The molecule has 4 atom stereocenters. The normalized spacial score (nSPS) is 18.0. The number of hydrogen-bond acceptors (Lipinski definition) is 7. The molecule has 0 radical (unpaired) electrons. The fraction of sp³-hybridized carbons (Fsp3) is 0.594. The van der Waals surface area contributed by atoms with Gasteiger partial charge in [0.15, 0.2) is 5.79 Å². The third-order valence-corrected chi connectivity index (χ3v) is 9.61. The lowest BCUT2D eigenvalue weighted by Crippen LogP contribution is -2.61. The van der Waals surface area contributed by atoms with Crippen molar-refractivity contribution in [2.24, 2.45) is 5.92 Å². The summed E-state index contributed by atoms with van der Waals surface area (Å²) in [6.45, 7) is 10.3. The van der Waals surface area contributed by atoms with E-state index in [0.717, 1.165) is 12.0 Å². The van der Waals surface area contributed by atoms with Gasteiger partial charge in [-0.3, -0.25) is 4.90 Å². The first kappa shape index (κ1) is 34.8. The number of carbonyl (C=O) groups is 1. The van der Waals surface area contributed by atoms with Crippen molar-refractivity contribution in [1.29, 1.82) is 0 Å². The average molecular weight is 621 g/mol. The summed E-state index contributed by atoms with van der Waals surface area (Å²) in [5.74, 6) is -0.198. The molecule has 1 amide bonds. The van der Waals surface area contributed by atoms with Gasteiger partial charge in [0.05, 0.1) is 43.4 Å². The maximum Gasteiger partial charge on any atom is 0.408 e. The van der Waals surface area contributed by atoms with Crippen LogP contribution in [0.5, 0.6) is 5.75 Å². The quantitative estimate of drug-likeness (QED) is 0.252. The molecule has 1 fully saturated rings. The SMILES string of the molecule is CCC(CCC1(C)OCCO1)CC(NS(=O)(=O)c1ccc(OC)cc1)[C@H](O)[C@H](Cc1ccccc1)N(C(=O)O)C(C)(C)C. The summed E-state index contributed by atoms with van der Waals surface area (Å²) < 4.78 is 46.9. The largest absolute Gasteiger partial charge is 0.497 e. The molecule has 2 aromatic rings. The van der Waals surface area contributed by atoms with E-state index in [1.807, 2.05) is 44.2 Å². The van der Waals surface area contributed by atoms with Gasteiger partial charge in [-0.05, 0) is 82.7 Å². The van der Waals surface area contributed by atoms with E-state index in [9.17, 15) is 23.4 Å². The van der Waals surface area contributed by atoms with E-state index in [-0.39, 0.29) is 23.7 Å². The van der Waals surface area contributed by atoms with E-state index in [0.29, 0.717) is 31.8 Å². The van der Waals surface area contributed by atoms with E-state index in [4.69, 9.17) is 14.2 Å². The Morgan fingerprint density at radius 3 is 2.21 bits per heavy atom. The second-order valence-corrected chi connectivity index (χ2v) is 14.1. The second-order valence-electron chi connectivity index (χ2n) is 12.4. The van der Waals surface area contributed by atoms with E-state index in [2.05, 4.69) is 4.72 Å². The lowest BCUT2D eigenvalue weighted by atomic mass is 9.85. The number of aliphatic hydroxyl groups is 1. The van der Waals surface area contributed by atoms with Gasteiger partial charge in [-0.2, -0.15) is 0 Å². The Labute approximate surface area is 256 Å². The van der Waals surface area contributed by atoms with Crippen molar-refractivity contribution in [2.75, 3.05) is 20.3 Å². The van der Waals surface area contributed by atoms with Crippen molar-refractivity contribution in [3.63, 3.8) is 0 Å². The summed E-state index contributed by atoms with van der Waals surface area (Å²) in [4.78, 5) is 13.9. The molecule has 0 saturated carbocycles. The van der Waals surface area contributed by atoms with Gasteiger partial charge in [0.2, 0.25) is 10.0 Å². The predicted molar refractivity (Wildman–Crippen MR) is 165 cm³/mol. The number of amides is 1. The molecule has 1 aliphatic heterocycles. The zero-order valence-corrected chi connectivity index (χ0v) is 27.0. The first-order valence-electron chi connectivity index (χ1n) is 14.9. The van der Waals surface area contributed by atoms with Crippen molar-refractivity contribution in [2.45, 2.75) is 101 Å². The van der Waals surface area contributed by atoms with Gasteiger partial charge in [-0.25, -0.2) is 17.9 Å². The molecule has 1 saturated heterocycles. The van der Waals surface area contributed by atoms with Crippen LogP contribution < -0.4 is 9.46 Å². The number of methoxy groups -OCH3 is 1. The molecule has 0 aliphatic carbocycles. The summed E-state index contributed by atoms with van der Waals surface area (Å²) in [5, 5.41) is 22.4. The fourth-order valence-electron chi connectivity index (χ4n) is 5.71. The van der Waals surface area contributed by atoms with Crippen LogP contribution in [0.2, 0.25) is 0 Å². The Kier molecular flexibility index (Phi) is 12.0. The smallest absolute Gasteiger partial charge is 0.408 e. The first-order chi connectivity index (χ1) is 20.2. The van der Waals surface area contributed by atoms with Crippen LogP contribution in [-0.4, -0.2) is 79.5 Å². The highest BCUT2D eigenvalue weighted by molar-refractivity contribution is 7.89. The van der Waals surface area contributed by atoms with E-state index < -0.39 is 45.6 Å².